The highest BCUT2D eigenvalue weighted by Crippen LogP contribution is 2.28. The number of piperidine rings is 1. The summed E-state index contributed by atoms with van der Waals surface area (Å²) in [6.45, 7) is 10.1. The van der Waals surface area contributed by atoms with Gasteiger partial charge < -0.3 is 4.90 Å². The minimum atomic E-state index is 0.504. The Hall–Kier alpha value is -1.30. The number of aromatic nitrogens is 2. The number of nitrogens with zero attached hydrogens (tertiary/aromatic N) is 4. The summed E-state index contributed by atoms with van der Waals surface area (Å²) in [5.41, 5.74) is 2.54. The van der Waals surface area contributed by atoms with E-state index in [4.69, 9.17) is 4.98 Å². The van der Waals surface area contributed by atoms with E-state index in [1.54, 1.807) is 0 Å². The average molecular weight is 427 g/mol. The van der Waals surface area contributed by atoms with E-state index in [-0.39, 0.29) is 0 Å². The van der Waals surface area contributed by atoms with Crippen LogP contribution >= 0.6 is 11.3 Å². The highest BCUT2D eigenvalue weighted by molar-refractivity contribution is 7.09. The lowest BCUT2D eigenvalue weighted by Gasteiger charge is -2.41. The molecule has 4 rings (SSSR count). The van der Waals surface area contributed by atoms with Gasteiger partial charge in [-0.15, -0.1) is 11.3 Å². The molecule has 0 spiro atoms. The lowest BCUT2D eigenvalue weighted by atomic mass is 9.90. The quantitative estimate of drug-likeness (QED) is 0.541. The highest BCUT2D eigenvalue weighted by Gasteiger charge is 2.28. The first-order valence-corrected chi connectivity index (χ1v) is 12.8. The summed E-state index contributed by atoms with van der Waals surface area (Å²) in [6.07, 6.45) is 13.8. The second-order valence-corrected chi connectivity index (χ2v) is 10.6. The van der Waals surface area contributed by atoms with E-state index >= 15 is 0 Å². The van der Waals surface area contributed by atoms with Crippen molar-refractivity contribution >= 4 is 11.3 Å². The van der Waals surface area contributed by atoms with Crippen LogP contribution in [0.4, 0.5) is 0 Å². The van der Waals surface area contributed by atoms with Crippen LogP contribution in [0.25, 0.3) is 0 Å². The van der Waals surface area contributed by atoms with Crippen molar-refractivity contribution < 1.29 is 0 Å². The standard InChI is InChI=1S/C25H38N4S/c1-20(2)24-19-30-25(27-24)18-28(15-21-8-6-12-26-14-21)16-22-9-7-13-29(17-22)23-10-4-3-5-11-23/h6,8,12,14,19-20,22-23H,3-5,7,9-11,13,15-18H2,1-2H3/t22-/m1/s1. The number of hydrogen-bond acceptors (Lipinski definition) is 5. The lowest BCUT2D eigenvalue weighted by Crippen LogP contribution is -2.46. The number of rotatable bonds is 8. The summed E-state index contributed by atoms with van der Waals surface area (Å²) in [4.78, 5) is 14.7. The Morgan fingerprint density at radius 1 is 1.13 bits per heavy atom. The predicted molar refractivity (Wildman–Crippen MR) is 126 cm³/mol. The van der Waals surface area contributed by atoms with Crippen molar-refractivity contribution in [1.29, 1.82) is 0 Å². The van der Waals surface area contributed by atoms with Gasteiger partial charge in [0.1, 0.15) is 5.01 Å². The van der Waals surface area contributed by atoms with E-state index in [1.165, 1.54) is 74.3 Å². The number of pyridine rings is 1. The second kappa shape index (κ2) is 10.8. The fraction of sp³-hybridized carbons (Fsp3) is 0.680. The molecule has 1 aliphatic carbocycles. The van der Waals surface area contributed by atoms with Crippen LogP contribution in [0.2, 0.25) is 0 Å². The van der Waals surface area contributed by atoms with E-state index in [1.807, 2.05) is 23.7 Å². The Labute approximate surface area is 186 Å². The zero-order valence-electron chi connectivity index (χ0n) is 18.8. The maximum absolute atomic E-state index is 4.92. The largest absolute Gasteiger partial charge is 0.300 e. The topological polar surface area (TPSA) is 32.3 Å². The van der Waals surface area contributed by atoms with Crippen LogP contribution in [-0.2, 0) is 13.1 Å². The fourth-order valence-electron chi connectivity index (χ4n) is 5.18. The summed E-state index contributed by atoms with van der Waals surface area (Å²) in [7, 11) is 0. The van der Waals surface area contributed by atoms with Gasteiger partial charge in [0.15, 0.2) is 0 Å². The Bertz CT molecular complexity index is 754. The van der Waals surface area contributed by atoms with Gasteiger partial charge in [-0.2, -0.15) is 0 Å². The molecule has 1 saturated heterocycles. The Morgan fingerprint density at radius 3 is 2.73 bits per heavy atom. The first-order valence-electron chi connectivity index (χ1n) is 12.0. The smallest absolute Gasteiger partial charge is 0.107 e. The van der Waals surface area contributed by atoms with Gasteiger partial charge in [-0.25, -0.2) is 4.98 Å². The van der Waals surface area contributed by atoms with Gasteiger partial charge in [-0.05, 0) is 55.7 Å². The predicted octanol–water partition coefficient (Wildman–Crippen LogP) is 5.71. The third-order valence-corrected chi connectivity index (χ3v) is 7.66. The number of hydrogen-bond donors (Lipinski definition) is 0. The second-order valence-electron chi connectivity index (χ2n) is 9.65. The van der Waals surface area contributed by atoms with E-state index in [9.17, 15) is 0 Å². The molecule has 1 aliphatic heterocycles. The maximum atomic E-state index is 4.92. The molecule has 1 atom stereocenters. The van der Waals surface area contributed by atoms with Crippen LogP contribution in [-0.4, -0.2) is 45.4 Å². The molecule has 0 unspecified atom stereocenters. The molecule has 5 heteroatoms. The van der Waals surface area contributed by atoms with Gasteiger partial charge in [0.05, 0.1) is 12.2 Å². The third-order valence-electron chi connectivity index (χ3n) is 6.81. The molecule has 164 valence electrons. The fourth-order valence-corrected chi connectivity index (χ4v) is 6.18. The normalized spacial score (nSPS) is 21.5. The lowest BCUT2D eigenvalue weighted by molar-refractivity contribution is 0.0771. The molecule has 0 amide bonds. The minimum absolute atomic E-state index is 0.504. The zero-order valence-corrected chi connectivity index (χ0v) is 19.6. The zero-order chi connectivity index (χ0) is 20.8. The molecule has 0 bridgehead atoms. The SMILES string of the molecule is CC(C)c1csc(CN(Cc2cccnc2)C[C@H]2CCCN(C3CCCCC3)C2)n1. The number of thiazole rings is 1. The molecule has 0 N–H and O–H groups in total. The molecule has 0 radical (unpaired) electrons. The molecule has 3 heterocycles. The van der Waals surface area contributed by atoms with Crippen molar-refractivity contribution in [3.05, 3.63) is 46.2 Å². The summed E-state index contributed by atoms with van der Waals surface area (Å²) in [5.74, 6) is 1.27. The van der Waals surface area contributed by atoms with Crippen LogP contribution in [0.3, 0.4) is 0 Å². The summed E-state index contributed by atoms with van der Waals surface area (Å²) < 4.78 is 0. The average Bonchev–Trinajstić information content (AvgIpc) is 3.24. The molecule has 2 aromatic rings. The monoisotopic (exact) mass is 426 g/mol. The van der Waals surface area contributed by atoms with Gasteiger partial charge in [-0.3, -0.25) is 9.88 Å². The van der Waals surface area contributed by atoms with Gasteiger partial charge in [0, 0.05) is 43.4 Å². The van der Waals surface area contributed by atoms with Crippen LogP contribution in [0.15, 0.2) is 29.9 Å². The number of likely N-dealkylation sites (tertiary alicyclic amines) is 1. The minimum Gasteiger partial charge on any atom is -0.300 e. The van der Waals surface area contributed by atoms with E-state index in [0.717, 1.165) is 31.6 Å². The molecule has 2 aromatic heterocycles. The van der Waals surface area contributed by atoms with Crippen LogP contribution in [0, 0.1) is 5.92 Å². The molecular formula is C25H38N4S. The van der Waals surface area contributed by atoms with Gasteiger partial charge in [-0.1, -0.05) is 39.2 Å². The van der Waals surface area contributed by atoms with Crippen molar-refractivity contribution in [2.24, 2.45) is 5.92 Å². The van der Waals surface area contributed by atoms with E-state index in [0.29, 0.717) is 5.92 Å². The van der Waals surface area contributed by atoms with E-state index < -0.39 is 0 Å². The van der Waals surface area contributed by atoms with Gasteiger partial charge in [0.2, 0.25) is 0 Å². The molecular weight excluding hydrogens is 388 g/mol. The van der Waals surface area contributed by atoms with Gasteiger partial charge in [0.25, 0.3) is 0 Å². The molecule has 4 nitrogen and oxygen atoms in total. The van der Waals surface area contributed by atoms with Crippen molar-refractivity contribution in [2.75, 3.05) is 19.6 Å². The van der Waals surface area contributed by atoms with Crippen LogP contribution in [0.1, 0.15) is 81.0 Å². The molecule has 1 saturated carbocycles. The Balaban J connectivity index is 1.41. The first-order chi connectivity index (χ1) is 14.7. The van der Waals surface area contributed by atoms with Crippen molar-refractivity contribution in [1.82, 2.24) is 19.8 Å². The summed E-state index contributed by atoms with van der Waals surface area (Å²) in [5, 5.41) is 3.50. The van der Waals surface area contributed by atoms with Crippen molar-refractivity contribution in [3.8, 4) is 0 Å². The molecule has 0 aromatic carbocycles. The molecule has 2 fully saturated rings. The van der Waals surface area contributed by atoms with Crippen LogP contribution in [0.5, 0.6) is 0 Å². The van der Waals surface area contributed by atoms with Crippen molar-refractivity contribution in [3.63, 3.8) is 0 Å². The Kier molecular flexibility index (Phi) is 7.91. The van der Waals surface area contributed by atoms with Crippen molar-refractivity contribution in [2.45, 2.75) is 83.8 Å². The summed E-state index contributed by atoms with van der Waals surface area (Å²) in [6, 6.07) is 5.11. The maximum Gasteiger partial charge on any atom is 0.107 e. The van der Waals surface area contributed by atoms with Gasteiger partial charge >= 0.3 is 0 Å². The Morgan fingerprint density at radius 2 is 2.00 bits per heavy atom. The molecule has 2 aliphatic rings. The van der Waals surface area contributed by atoms with Crippen LogP contribution < -0.4 is 0 Å². The molecule has 30 heavy (non-hydrogen) atoms. The third kappa shape index (κ3) is 6.12. The van der Waals surface area contributed by atoms with E-state index in [2.05, 4.69) is 46.1 Å². The summed E-state index contributed by atoms with van der Waals surface area (Å²) >= 11 is 1.82. The highest BCUT2D eigenvalue weighted by atomic mass is 32.1. The first kappa shape index (κ1) is 21.9.